The fraction of sp³-hybridized carbons (Fsp3) is 0.818. The summed E-state index contributed by atoms with van der Waals surface area (Å²) in [6.07, 6.45) is -31.0. The van der Waals surface area contributed by atoms with E-state index in [1.54, 1.807) is 0 Å². The van der Waals surface area contributed by atoms with Gasteiger partial charge >= 0.3 is 66.3 Å². The van der Waals surface area contributed by atoms with Crippen molar-refractivity contribution in [1.29, 1.82) is 0 Å². The minimum atomic E-state index is -7.73. The third-order valence-corrected chi connectivity index (χ3v) is 8.12. The van der Waals surface area contributed by atoms with Crippen molar-refractivity contribution >= 4 is 35.3 Å². The lowest BCUT2D eigenvalue weighted by atomic mass is 9.57. The van der Waals surface area contributed by atoms with Gasteiger partial charge in [-0.3, -0.25) is 29.7 Å². The topological polar surface area (TPSA) is 217 Å². The molecule has 0 aliphatic carbocycles. The van der Waals surface area contributed by atoms with Crippen LogP contribution in [0.4, 0.5) is 87.8 Å². The van der Waals surface area contributed by atoms with Crippen molar-refractivity contribution in [3.05, 3.63) is 0 Å². The lowest BCUT2D eigenvalue weighted by molar-refractivity contribution is -0.444. The highest BCUT2D eigenvalue weighted by molar-refractivity contribution is 5.96. The Balaban J connectivity index is -0.000000984. The molecule has 69 heavy (non-hydrogen) atoms. The van der Waals surface area contributed by atoms with Crippen molar-refractivity contribution in [2.24, 2.45) is 10.8 Å². The third kappa shape index (κ3) is 16.7. The monoisotopic (exact) mass is 1070 g/mol. The standard InChI is InChI=1S/C12H10F12O6.C12H18F4O4.C9H12F4O6/c1-28-4-29-6(26)8(11(19,20)21,12(22,23)24)7(9(13,14)15,10(16,17)18)5(25)2-3-30-27;1-3-4-5-6-7-19-8-20-10(18)12(15,16)11(13,14)9(2)17;1-2-17-5-18-7(15)9(12,13)8(10,11)6(14)3-4-19-16/h27H,2-4H2,1H3;3-8H2,1-2H3;16H,2-5H2,1H3. The van der Waals surface area contributed by atoms with Crippen LogP contribution in [0.3, 0.4) is 0 Å². The van der Waals surface area contributed by atoms with E-state index in [0.717, 1.165) is 19.3 Å². The summed E-state index contributed by atoms with van der Waals surface area (Å²) in [4.78, 5) is 72.7. The molecule has 0 aliphatic heterocycles. The maximum Gasteiger partial charge on any atom is 0.415 e. The van der Waals surface area contributed by atoms with Crippen molar-refractivity contribution in [3.63, 3.8) is 0 Å². The van der Waals surface area contributed by atoms with Crippen LogP contribution in [0.1, 0.15) is 59.3 Å². The Morgan fingerprint density at radius 3 is 1.16 bits per heavy atom. The molecule has 16 nitrogen and oxygen atoms in total. The van der Waals surface area contributed by atoms with Gasteiger partial charge in [-0.1, -0.05) is 26.2 Å². The number of unbranched alkanes of at least 4 members (excludes halogenated alkanes) is 3. The van der Waals surface area contributed by atoms with Crippen LogP contribution in [0.2, 0.25) is 0 Å². The predicted octanol–water partition coefficient (Wildman–Crippen LogP) is 7.99. The number of ketones is 3. The minimum absolute atomic E-state index is 0.0159. The largest absolute Gasteiger partial charge is 0.438 e. The number of alkyl halides is 20. The maximum atomic E-state index is 13.5. The fourth-order valence-electron chi connectivity index (χ4n) is 4.72. The molecule has 0 bridgehead atoms. The molecular formula is C33H40F20O16. The molecule has 0 radical (unpaired) electrons. The van der Waals surface area contributed by atoms with Gasteiger partial charge in [0.15, 0.2) is 26.2 Å². The van der Waals surface area contributed by atoms with Crippen LogP contribution >= 0.6 is 0 Å². The maximum absolute atomic E-state index is 13.5. The summed E-state index contributed by atoms with van der Waals surface area (Å²) in [7, 11) is 0.459. The average Bonchev–Trinajstić information content (AvgIpc) is 3.20. The van der Waals surface area contributed by atoms with Crippen molar-refractivity contribution in [2.75, 3.05) is 53.9 Å². The zero-order valence-corrected chi connectivity index (χ0v) is 35.4. The summed E-state index contributed by atoms with van der Waals surface area (Å²) >= 11 is 0. The normalized spacial score (nSPS) is 13.3. The summed E-state index contributed by atoms with van der Waals surface area (Å²) in [6.45, 7) is -2.57. The number of esters is 3. The molecule has 0 rings (SSSR count). The van der Waals surface area contributed by atoms with Gasteiger partial charge in [0.1, 0.15) is 0 Å². The first-order valence-corrected chi connectivity index (χ1v) is 18.1. The number of halogens is 20. The van der Waals surface area contributed by atoms with E-state index in [0.29, 0.717) is 13.5 Å². The molecule has 0 unspecified atom stereocenters. The quantitative estimate of drug-likeness (QED) is 0.0152. The van der Waals surface area contributed by atoms with E-state index in [2.05, 4.69) is 33.5 Å². The highest BCUT2D eigenvalue weighted by atomic mass is 19.4. The van der Waals surface area contributed by atoms with Gasteiger partial charge < -0.3 is 28.4 Å². The summed E-state index contributed by atoms with van der Waals surface area (Å²) in [5, 5.41) is 15.8. The summed E-state index contributed by atoms with van der Waals surface area (Å²) < 4.78 is 290. The number of carbonyl (C=O) groups excluding carboxylic acids is 6. The molecule has 0 saturated heterocycles. The van der Waals surface area contributed by atoms with Crippen LogP contribution in [-0.4, -0.2) is 148 Å². The number of methoxy groups -OCH3 is 1. The molecule has 0 aromatic rings. The van der Waals surface area contributed by atoms with E-state index in [1.165, 1.54) is 6.92 Å². The molecule has 36 heteroatoms. The Kier molecular flexibility index (Phi) is 28.0. The molecule has 2 N–H and O–H groups in total. The van der Waals surface area contributed by atoms with Crippen LogP contribution in [0.5, 0.6) is 0 Å². The molecule has 408 valence electrons. The Morgan fingerprint density at radius 1 is 0.435 bits per heavy atom. The van der Waals surface area contributed by atoms with Gasteiger partial charge in [0.2, 0.25) is 11.6 Å². The zero-order chi connectivity index (χ0) is 55.3. The molecule has 0 aromatic carbocycles. The first kappa shape index (κ1) is 69.0. The van der Waals surface area contributed by atoms with E-state index >= 15 is 0 Å². The van der Waals surface area contributed by atoms with E-state index in [9.17, 15) is 117 Å². The molecule has 0 fully saturated rings. The second-order valence-electron chi connectivity index (χ2n) is 12.8. The molecule has 0 heterocycles. The van der Waals surface area contributed by atoms with Gasteiger partial charge in [0, 0.05) is 33.5 Å². The van der Waals surface area contributed by atoms with E-state index in [-0.39, 0.29) is 20.1 Å². The van der Waals surface area contributed by atoms with Crippen LogP contribution in [0.15, 0.2) is 0 Å². The van der Waals surface area contributed by atoms with Crippen LogP contribution in [-0.2, 0) is 67.0 Å². The first-order chi connectivity index (χ1) is 31.1. The third-order valence-electron chi connectivity index (χ3n) is 8.12. The van der Waals surface area contributed by atoms with Crippen molar-refractivity contribution in [2.45, 2.75) is 108 Å². The van der Waals surface area contributed by atoms with Crippen molar-refractivity contribution in [3.8, 4) is 0 Å². The summed E-state index contributed by atoms with van der Waals surface area (Å²) in [5.74, 6) is -38.3. The number of hydrogen-bond acceptors (Lipinski definition) is 16. The second-order valence-corrected chi connectivity index (χ2v) is 12.8. The molecule has 0 aliphatic rings. The average molecular weight is 1070 g/mol. The Morgan fingerprint density at radius 2 is 0.812 bits per heavy atom. The first-order valence-electron chi connectivity index (χ1n) is 18.1. The molecule has 0 spiro atoms. The van der Waals surface area contributed by atoms with Gasteiger partial charge in [0.05, 0.1) is 19.8 Å². The fourth-order valence-corrected chi connectivity index (χ4v) is 4.72. The van der Waals surface area contributed by atoms with Crippen molar-refractivity contribution in [1.82, 2.24) is 0 Å². The highest BCUT2D eigenvalue weighted by Crippen LogP contribution is 2.71. The minimum Gasteiger partial charge on any atom is -0.438 e. The summed E-state index contributed by atoms with van der Waals surface area (Å²) in [5.41, 5.74) is -14.9. The van der Waals surface area contributed by atoms with Gasteiger partial charge in [-0.05, 0) is 13.3 Å². The Hall–Kier alpha value is -4.26. The molecule has 0 aromatic heterocycles. The second kappa shape index (κ2) is 28.0. The zero-order valence-electron chi connectivity index (χ0n) is 35.4. The van der Waals surface area contributed by atoms with Crippen molar-refractivity contribution < 1.29 is 165 Å². The van der Waals surface area contributed by atoms with Gasteiger partial charge in [0.25, 0.3) is 10.8 Å². The van der Waals surface area contributed by atoms with Gasteiger partial charge in [-0.2, -0.15) is 87.8 Å². The molecule has 0 atom stereocenters. The lowest BCUT2D eigenvalue weighted by Gasteiger charge is -2.49. The smallest absolute Gasteiger partial charge is 0.415 e. The van der Waals surface area contributed by atoms with Crippen LogP contribution in [0, 0.1) is 10.8 Å². The van der Waals surface area contributed by atoms with Gasteiger partial charge in [-0.15, -0.1) is 0 Å². The number of hydrogen-bond donors (Lipinski definition) is 2. The molecule has 0 amide bonds. The number of ether oxygens (including phenoxy) is 6. The Bertz CT molecular complexity index is 1550. The number of rotatable bonds is 27. The van der Waals surface area contributed by atoms with E-state index in [4.69, 9.17) is 15.3 Å². The molecule has 0 saturated carbocycles. The van der Waals surface area contributed by atoms with Crippen LogP contribution < -0.4 is 0 Å². The predicted molar refractivity (Wildman–Crippen MR) is 178 cm³/mol. The number of Topliss-reactive ketones (excluding diaryl/α,β-unsaturated/α-hetero) is 3. The van der Waals surface area contributed by atoms with E-state index < -0.39 is 141 Å². The molecular weight excluding hydrogens is 1030 g/mol. The SMILES string of the molecule is CCCCCCOCOC(=O)C(F)(F)C(F)(F)C(C)=O.CCOCOC(=O)C(F)(F)C(F)(F)C(=O)CCOO.COCOC(=O)C(C(F)(F)F)(C(F)(F)F)C(C(=O)CCOO)(C(F)(F)F)C(F)(F)F. The lowest BCUT2D eigenvalue weighted by Crippen LogP contribution is -2.77. The van der Waals surface area contributed by atoms with E-state index in [1.807, 2.05) is 6.92 Å². The van der Waals surface area contributed by atoms with Crippen LogP contribution in [0.25, 0.3) is 0 Å². The highest BCUT2D eigenvalue weighted by Gasteiger charge is 2.98. The number of carbonyl (C=O) groups is 6. The summed E-state index contributed by atoms with van der Waals surface area (Å²) in [6, 6.07) is 0. The Labute approximate surface area is 373 Å². The van der Waals surface area contributed by atoms with Gasteiger partial charge in [-0.25, -0.2) is 19.4 Å².